The average Bonchev–Trinajstić information content (AvgIpc) is 2.12. The number of fused-ring (bicyclic) bond motifs is 1. The number of nitrogen functional groups attached to an aromatic ring is 1. The monoisotopic (exact) mass is 192 g/mol. The molecule has 66 valence electrons. The molecular formula is C10H9ClN2. The summed E-state index contributed by atoms with van der Waals surface area (Å²) in [6.45, 7) is 2.00. The third kappa shape index (κ3) is 1.23. The van der Waals surface area contributed by atoms with Crippen LogP contribution in [0.25, 0.3) is 10.9 Å². The molecule has 1 aromatic carbocycles. The van der Waals surface area contributed by atoms with Crippen LogP contribution in [0, 0.1) is 6.92 Å². The molecule has 2 nitrogen and oxygen atoms in total. The minimum atomic E-state index is 0.528. The largest absolute Gasteiger partial charge is 0.396 e. The summed E-state index contributed by atoms with van der Waals surface area (Å²) in [6, 6.07) is 5.88. The molecule has 0 unspecified atom stereocenters. The number of rotatable bonds is 0. The Bertz CT molecular complexity index is 466. The molecule has 2 rings (SSSR count). The normalized spacial score (nSPS) is 10.6. The van der Waals surface area contributed by atoms with Crippen LogP contribution in [0.2, 0.25) is 5.02 Å². The van der Waals surface area contributed by atoms with Crippen molar-refractivity contribution in [3.05, 3.63) is 35.0 Å². The first-order valence-corrected chi connectivity index (χ1v) is 4.37. The summed E-state index contributed by atoms with van der Waals surface area (Å²) in [5.41, 5.74) is 8.20. The molecule has 0 amide bonds. The van der Waals surface area contributed by atoms with Gasteiger partial charge in [0.2, 0.25) is 0 Å². The predicted molar refractivity (Wildman–Crippen MR) is 55.9 cm³/mol. The molecule has 0 aliphatic heterocycles. The molecule has 1 heterocycles. The molecule has 3 heteroatoms. The van der Waals surface area contributed by atoms with Gasteiger partial charge in [-0.2, -0.15) is 0 Å². The van der Waals surface area contributed by atoms with Crippen LogP contribution in [0.1, 0.15) is 5.56 Å². The fraction of sp³-hybridized carbons (Fsp3) is 0.100. The van der Waals surface area contributed by atoms with Crippen LogP contribution >= 0.6 is 11.6 Å². The van der Waals surface area contributed by atoms with E-state index in [1.807, 2.05) is 25.1 Å². The van der Waals surface area contributed by atoms with Crippen molar-refractivity contribution in [2.45, 2.75) is 6.92 Å². The zero-order chi connectivity index (χ0) is 9.42. The smallest absolute Gasteiger partial charge is 0.0747 e. The number of para-hydroxylation sites is 1. The molecule has 0 fully saturated rings. The Balaban J connectivity index is 2.94. The minimum Gasteiger partial charge on any atom is -0.396 e. The molecule has 0 aliphatic carbocycles. The van der Waals surface area contributed by atoms with Gasteiger partial charge < -0.3 is 5.73 Å². The fourth-order valence-electron chi connectivity index (χ4n) is 1.35. The van der Waals surface area contributed by atoms with E-state index in [-0.39, 0.29) is 0 Å². The number of benzene rings is 1. The Labute approximate surface area is 81.3 Å². The van der Waals surface area contributed by atoms with Crippen LogP contribution < -0.4 is 5.73 Å². The van der Waals surface area contributed by atoms with Crippen molar-refractivity contribution in [2.24, 2.45) is 0 Å². The molecule has 0 saturated carbocycles. The quantitative estimate of drug-likeness (QED) is 0.697. The zero-order valence-electron chi connectivity index (χ0n) is 7.21. The van der Waals surface area contributed by atoms with E-state index < -0.39 is 0 Å². The molecule has 0 saturated heterocycles. The summed E-state index contributed by atoms with van der Waals surface area (Å²) >= 11 is 6.03. The van der Waals surface area contributed by atoms with Crippen molar-refractivity contribution in [3.8, 4) is 0 Å². The number of halogens is 1. The first-order valence-electron chi connectivity index (χ1n) is 3.99. The molecule has 0 spiro atoms. The Morgan fingerprint density at radius 2 is 2.15 bits per heavy atom. The number of nitrogens with two attached hydrogens (primary N) is 1. The van der Waals surface area contributed by atoms with Crippen molar-refractivity contribution in [1.29, 1.82) is 0 Å². The Hall–Kier alpha value is -1.28. The van der Waals surface area contributed by atoms with Gasteiger partial charge in [-0.25, -0.2) is 0 Å². The molecule has 13 heavy (non-hydrogen) atoms. The van der Waals surface area contributed by atoms with Crippen LogP contribution in [-0.4, -0.2) is 4.98 Å². The van der Waals surface area contributed by atoms with Crippen molar-refractivity contribution >= 4 is 28.2 Å². The lowest BCUT2D eigenvalue weighted by Crippen LogP contribution is -1.90. The van der Waals surface area contributed by atoms with E-state index in [0.29, 0.717) is 10.7 Å². The van der Waals surface area contributed by atoms with Crippen LogP contribution in [0.15, 0.2) is 24.4 Å². The second kappa shape index (κ2) is 2.89. The van der Waals surface area contributed by atoms with Crippen molar-refractivity contribution in [3.63, 3.8) is 0 Å². The Morgan fingerprint density at radius 3 is 2.92 bits per heavy atom. The van der Waals surface area contributed by atoms with Crippen molar-refractivity contribution < 1.29 is 0 Å². The van der Waals surface area contributed by atoms with Crippen LogP contribution in [-0.2, 0) is 0 Å². The molecule has 2 N–H and O–H groups in total. The Kier molecular flexibility index (Phi) is 1.85. The second-order valence-corrected chi connectivity index (χ2v) is 3.38. The molecular weight excluding hydrogens is 184 g/mol. The second-order valence-electron chi connectivity index (χ2n) is 3.00. The Morgan fingerprint density at radius 1 is 1.38 bits per heavy atom. The first kappa shape index (κ1) is 8.32. The summed E-state index contributed by atoms with van der Waals surface area (Å²) in [7, 11) is 0. The number of hydrogen-bond donors (Lipinski definition) is 1. The topological polar surface area (TPSA) is 38.9 Å². The minimum absolute atomic E-state index is 0.528. The summed E-state index contributed by atoms with van der Waals surface area (Å²) in [6.07, 6.45) is 1.59. The van der Waals surface area contributed by atoms with Gasteiger partial charge in [-0.3, -0.25) is 4.98 Å². The van der Waals surface area contributed by atoms with Crippen molar-refractivity contribution in [2.75, 3.05) is 5.73 Å². The number of nitrogens with zero attached hydrogens (tertiary/aromatic N) is 1. The molecule has 1 aromatic heterocycles. The van der Waals surface area contributed by atoms with Crippen LogP contribution in [0.4, 0.5) is 5.69 Å². The van der Waals surface area contributed by atoms with Crippen molar-refractivity contribution in [1.82, 2.24) is 4.98 Å². The first-order chi connectivity index (χ1) is 6.20. The van der Waals surface area contributed by atoms with E-state index in [2.05, 4.69) is 4.98 Å². The van der Waals surface area contributed by atoms with Crippen LogP contribution in [0.5, 0.6) is 0 Å². The molecule has 0 aliphatic rings. The van der Waals surface area contributed by atoms with E-state index in [1.54, 1.807) is 6.20 Å². The summed E-state index contributed by atoms with van der Waals surface area (Å²) < 4.78 is 0. The van der Waals surface area contributed by atoms with Gasteiger partial charge in [0, 0.05) is 5.39 Å². The van der Waals surface area contributed by atoms with E-state index in [4.69, 9.17) is 17.3 Å². The van der Waals surface area contributed by atoms with Crippen LogP contribution in [0.3, 0.4) is 0 Å². The molecule has 0 bridgehead atoms. The number of aromatic nitrogens is 1. The third-order valence-electron chi connectivity index (χ3n) is 2.06. The predicted octanol–water partition coefficient (Wildman–Crippen LogP) is 2.78. The van der Waals surface area contributed by atoms with E-state index in [0.717, 1.165) is 16.5 Å². The van der Waals surface area contributed by atoms with E-state index in [1.165, 1.54) is 0 Å². The van der Waals surface area contributed by atoms with E-state index >= 15 is 0 Å². The van der Waals surface area contributed by atoms with Gasteiger partial charge in [-0.05, 0) is 12.5 Å². The van der Waals surface area contributed by atoms with Gasteiger partial charge >= 0.3 is 0 Å². The highest BCUT2D eigenvalue weighted by Crippen LogP contribution is 2.28. The number of aryl methyl sites for hydroxylation is 1. The maximum Gasteiger partial charge on any atom is 0.0747 e. The van der Waals surface area contributed by atoms with Gasteiger partial charge in [0.1, 0.15) is 0 Å². The lowest BCUT2D eigenvalue weighted by atomic mass is 10.1. The SMILES string of the molecule is Cc1cccc2c(Cl)c(N)cnc12. The third-order valence-corrected chi connectivity index (χ3v) is 2.48. The number of pyridine rings is 1. The van der Waals surface area contributed by atoms with Gasteiger partial charge in [-0.15, -0.1) is 0 Å². The number of hydrogen-bond acceptors (Lipinski definition) is 2. The highest BCUT2D eigenvalue weighted by molar-refractivity contribution is 6.37. The molecule has 0 radical (unpaired) electrons. The summed E-state index contributed by atoms with van der Waals surface area (Å²) in [5, 5.41) is 1.51. The van der Waals surface area contributed by atoms with E-state index in [9.17, 15) is 0 Å². The number of anilines is 1. The highest BCUT2D eigenvalue weighted by Gasteiger charge is 2.04. The van der Waals surface area contributed by atoms with Gasteiger partial charge in [0.25, 0.3) is 0 Å². The van der Waals surface area contributed by atoms with Gasteiger partial charge in [0.15, 0.2) is 0 Å². The maximum absolute atomic E-state index is 6.03. The lowest BCUT2D eigenvalue weighted by molar-refractivity contribution is 1.37. The maximum atomic E-state index is 6.03. The standard InChI is InChI=1S/C10H9ClN2/c1-6-3-2-4-7-9(11)8(12)5-13-10(6)7/h2-5H,12H2,1H3. The molecule has 2 aromatic rings. The molecule has 0 atom stereocenters. The van der Waals surface area contributed by atoms with Gasteiger partial charge in [0.05, 0.1) is 22.4 Å². The zero-order valence-corrected chi connectivity index (χ0v) is 7.97. The summed E-state index contributed by atoms with van der Waals surface area (Å²) in [5.74, 6) is 0. The fourth-order valence-corrected chi connectivity index (χ4v) is 1.55. The summed E-state index contributed by atoms with van der Waals surface area (Å²) in [4.78, 5) is 4.23. The average molecular weight is 193 g/mol. The lowest BCUT2D eigenvalue weighted by Gasteiger charge is -2.04. The van der Waals surface area contributed by atoms with Gasteiger partial charge in [-0.1, -0.05) is 29.8 Å². The highest BCUT2D eigenvalue weighted by atomic mass is 35.5.